The highest BCUT2D eigenvalue weighted by Gasteiger charge is 2.10. The zero-order chi connectivity index (χ0) is 15.2. The Morgan fingerprint density at radius 3 is 2.55 bits per heavy atom. The van der Waals surface area contributed by atoms with E-state index < -0.39 is 0 Å². The second-order valence-corrected chi connectivity index (χ2v) is 4.48. The monoisotopic (exact) mass is 288 g/mol. The molecule has 3 aromatic rings. The van der Waals surface area contributed by atoms with Gasteiger partial charge in [-0.2, -0.15) is 0 Å². The molecule has 0 unspecified atom stereocenters. The Bertz CT molecular complexity index is 828. The summed E-state index contributed by atoms with van der Waals surface area (Å²) < 4.78 is 4.98. The highest BCUT2D eigenvalue weighted by atomic mass is 16.3. The normalized spacial score (nSPS) is 9.64. The van der Waals surface area contributed by atoms with Gasteiger partial charge in [0.2, 0.25) is 5.76 Å². The van der Waals surface area contributed by atoms with Crippen molar-refractivity contribution in [2.45, 2.75) is 0 Å². The van der Waals surface area contributed by atoms with Crippen LogP contribution in [0, 0.1) is 11.8 Å². The third kappa shape index (κ3) is 3.22. The van der Waals surface area contributed by atoms with Gasteiger partial charge >= 0.3 is 0 Å². The van der Waals surface area contributed by atoms with Gasteiger partial charge < -0.3 is 9.73 Å². The van der Waals surface area contributed by atoms with E-state index in [0.29, 0.717) is 5.69 Å². The van der Waals surface area contributed by atoms with E-state index in [1.807, 2.05) is 48.5 Å². The van der Waals surface area contributed by atoms with Gasteiger partial charge in [-0.1, -0.05) is 42.2 Å². The van der Waals surface area contributed by atoms with Crippen molar-refractivity contribution in [3.63, 3.8) is 0 Å². The van der Waals surface area contributed by atoms with E-state index >= 15 is 0 Å². The van der Waals surface area contributed by atoms with E-state index in [1.165, 1.54) is 12.6 Å². The van der Waals surface area contributed by atoms with Crippen LogP contribution in [0.25, 0.3) is 0 Å². The van der Waals surface area contributed by atoms with Crippen LogP contribution in [0.15, 0.2) is 71.6 Å². The van der Waals surface area contributed by atoms with E-state index in [4.69, 9.17) is 4.42 Å². The Labute approximate surface area is 127 Å². The third-order valence-electron chi connectivity index (χ3n) is 2.95. The predicted octanol–water partition coefficient (Wildman–Crippen LogP) is 3.33. The number of carbonyl (C=O) groups is 1. The Balaban J connectivity index is 1.85. The summed E-state index contributed by atoms with van der Waals surface area (Å²) in [6.07, 6.45) is 2.59. The minimum atomic E-state index is -0.355. The topological polar surface area (TPSA) is 55.1 Å². The number of benzene rings is 2. The molecule has 1 aromatic heterocycles. The molecule has 0 bridgehead atoms. The maximum Gasteiger partial charge on any atom is 0.293 e. The number of rotatable bonds is 2. The Morgan fingerprint density at radius 2 is 1.77 bits per heavy atom. The molecule has 1 N–H and O–H groups in total. The SMILES string of the molecule is O=C(Nc1ccccc1C#Cc1ccccc1)c1cnco1. The molecule has 3 rings (SSSR count). The van der Waals surface area contributed by atoms with Crippen molar-refractivity contribution in [2.24, 2.45) is 0 Å². The van der Waals surface area contributed by atoms with Gasteiger partial charge in [0.25, 0.3) is 5.91 Å². The number of hydrogen-bond acceptors (Lipinski definition) is 3. The summed E-state index contributed by atoms with van der Waals surface area (Å²) in [5.41, 5.74) is 2.28. The summed E-state index contributed by atoms with van der Waals surface area (Å²) in [5.74, 6) is 5.94. The van der Waals surface area contributed by atoms with Crippen molar-refractivity contribution in [1.29, 1.82) is 0 Å². The number of nitrogens with zero attached hydrogens (tertiary/aromatic N) is 1. The lowest BCUT2D eigenvalue weighted by atomic mass is 10.1. The minimum Gasteiger partial charge on any atom is -0.438 e. The lowest BCUT2D eigenvalue weighted by Gasteiger charge is -2.05. The van der Waals surface area contributed by atoms with Crippen molar-refractivity contribution in [3.05, 3.63) is 84.1 Å². The van der Waals surface area contributed by atoms with Crippen molar-refractivity contribution >= 4 is 11.6 Å². The average molecular weight is 288 g/mol. The molecular weight excluding hydrogens is 276 g/mol. The molecule has 22 heavy (non-hydrogen) atoms. The van der Waals surface area contributed by atoms with Gasteiger partial charge in [0.1, 0.15) is 0 Å². The molecule has 1 heterocycles. The maximum atomic E-state index is 12.0. The molecule has 2 aromatic carbocycles. The van der Waals surface area contributed by atoms with E-state index in [2.05, 4.69) is 22.1 Å². The number of nitrogens with one attached hydrogen (secondary N) is 1. The standard InChI is InChI=1S/C18H12N2O2/c21-18(17-12-19-13-22-17)20-16-9-5-4-8-15(16)11-10-14-6-2-1-3-7-14/h1-9,12-13H,(H,20,21). The summed E-state index contributed by atoms with van der Waals surface area (Å²) in [7, 11) is 0. The van der Waals surface area contributed by atoms with Crippen LogP contribution < -0.4 is 5.32 Å². The zero-order valence-electron chi connectivity index (χ0n) is 11.6. The Kier molecular flexibility index (Phi) is 3.98. The lowest BCUT2D eigenvalue weighted by Crippen LogP contribution is -2.11. The molecule has 0 aliphatic heterocycles. The average Bonchev–Trinajstić information content (AvgIpc) is 3.10. The van der Waals surface area contributed by atoms with Crippen molar-refractivity contribution in [1.82, 2.24) is 4.98 Å². The van der Waals surface area contributed by atoms with Gasteiger partial charge in [-0.15, -0.1) is 0 Å². The van der Waals surface area contributed by atoms with Gasteiger partial charge in [0.15, 0.2) is 6.39 Å². The quantitative estimate of drug-likeness (QED) is 0.736. The van der Waals surface area contributed by atoms with Crippen LogP contribution in [0.5, 0.6) is 0 Å². The smallest absolute Gasteiger partial charge is 0.293 e. The zero-order valence-corrected chi connectivity index (χ0v) is 11.6. The number of oxazole rings is 1. The number of hydrogen-bond donors (Lipinski definition) is 1. The first-order valence-corrected chi connectivity index (χ1v) is 6.69. The molecule has 0 fully saturated rings. The number of anilines is 1. The molecule has 0 saturated carbocycles. The fraction of sp³-hybridized carbons (Fsp3) is 0. The summed E-state index contributed by atoms with van der Waals surface area (Å²) in [5, 5.41) is 2.77. The maximum absolute atomic E-state index is 12.0. The summed E-state index contributed by atoms with van der Waals surface area (Å²) in [6, 6.07) is 17.0. The van der Waals surface area contributed by atoms with Gasteiger partial charge in [-0.3, -0.25) is 4.79 Å². The van der Waals surface area contributed by atoms with Crippen molar-refractivity contribution in [3.8, 4) is 11.8 Å². The lowest BCUT2D eigenvalue weighted by molar-refractivity contribution is 0.0996. The molecule has 1 amide bonds. The summed E-state index contributed by atoms with van der Waals surface area (Å²) in [6.45, 7) is 0. The first-order chi connectivity index (χ1) is 10.8. The fourth-order valence-electron chi connectivity index (χ4n) is 1.87. The minimum absolute atomic E-state index is 0.158. The number of amides is 1. The van der Waals surface area contributed by atoms with Crippen LogP contribution in [0.2, 0.25) is 0 Å². The molecular formula is C18H12N2O2. The van der Waals surface area contributed by atoms with Crippen LogP contribution in [0.3, 0.4) is 0 Å². The van der Waals surface area contributed by atoms with Crippen LogP contribution in [0.4, 0.5) is 5.69 Å². The number of carbonyl (C=O) groups excluding carboxylic acids is 1. The van der Waals surface area contributed by atoms with Gasteiger partial charge in [0, 0.05) is 11.1 Å². The molecule has 4 nitrogen and oxygen atoms in total. The van der Waals surface area contributed by atoms with Crippen molar-refractivity contribution < 1.29 is 9.21 Å². The molecule has 0 aliphatic carbocycles. The predicted molar refractivity (Wildman–Crippen MR) is 83.3 cm³/mol. The number of para-hydroxylation sites is 1. The molecule has 0 spiro atoms. The van der Waals surface area contributed by atoms with Crippen molar-refractivity contribution in [2.75, 3.05) is 5.32 Å². The van der Waals surface area contributed by atoms with Gasteiger partial charge in [-0.05, 0) is 24.3 Å². The summed E-state index contributed by atoms with van der Waals surface area (Å²) in [4.78, 5) is 15.7. The second-order valence-electron chi connectivity index (χ2n) is 4.48. The third-order valence-corrected chi connectivity index (χ3v) is 2.95. The first kappa shape index (κ1) is 13.7. The molecule has 0 saturated heterocycles. The Hall–Kier alpha value is -3.32. The van der Waals surface area contributed by atoms with Gasteiger partial charge in [-0.25, -0.2) is 4.98 Å². The molecule has 4 heteroatoms. The highest BCUT2D eigenvalue weighted by molar-refractivity contribution is 6.02. The van der Waals surface area contributed by atoms with Crippen LogP contribution in [-0.4, -0.2) is 10.9 Å². The first-order valence-electron chi connectivity index (χ1n) is 6.69. The molecule has 0 aliphatic rings. The second kappa shape index (κ2) is 6.42. The number of aromatic nitrogens is 1. The van der Waals surface area contributed by atoms with Crippen LogP contribution >= 0.6 is 0 Å². The molecule has 0 atom stereocenters. The van der Waals surface area contributed by atoms with Gasteiger partial charge in [0.05, 0.1) is 11.9 Å². The largest absolute Gasteiger partial charge is 0.438 e. The van der Waals surface area contributed by atoms with E-state index in [9.17, 15) is 4.79 Å². The van der Waals surface area contributed by atoms with E-state index in [-0.39, 0.29) is 11.7 Å². The highest BCUT2D eigenvalue weighted by Crippen LogP contribution is 2.15. The molecule has 0 radical (unpaired) electrons. The van der Waals surface area contributed by atoms with E-state index in [1.54, 1.807) is 6.07 Å². The molecule has 106 valence electrons. The fourth-order valence-corrected chi connectivity index (χ4v) is 1.87. The van der Waals surface area contributed by atoms with Crippen LogP contribution in [-0.2, 0) is 0 Å². The summed E-state index contributed by atoms with van der Waals surface area (Å²) >= 11 is 0. The van der Waals surface area contributed by atoms with E-state index in [0.717, 1.165) is 11.1 Å². The Morgan fingerprint density at radius 1 is 1.00 bits per heavy atom. The van der Waals surface area contributed by atoms with Crippen LogP contribution in [0.1, 0.15) is 21.7 Å².